The Bertz CT molecular complexity index is 465. The van der Waals surface area contributed by atoms with Gasteiger partial charge in [0.05, 0.1) is 11.8 Å². The Labute approximate surface area is 96.5 Å². The smallest absolute Gasteiger partial charge is 0.157 e. The molecule has 2 aromatic rings. The molecule has 16 heavy (non-hydrogen) atoms. The number of hydrogen-bond acceptors (Lipinski definition) is 3. The quantitative estimate of drug-likeness (QED) is 0.683. The summed E-state index contributed by atoms with van der Waals surface area (Å²) in [5.74, 6) is 0. The first kappa shape index (κ1) is 14.1. The lowest BCUT2D eigenvalue weighted by molar-refractivity contribution is 0.786. The molecular weight excluding hydrogens is 200 g/mol. The van der Waals surface area contributed by atoms with E-state index in [4.69, 9.17) is 5.26 Å². The number of aromatic nitrogens is 3. The Morgan fingerprint density at radius 1 is 1.19 bits per heavy atom. The molecule has 0 bridgehead atoms. The average Bonchev–Trinajstić information content (AvgIpc) is 2.75. The van der Waals surface area contributed by atoms with Crippen LogP contribution in [0.2, 0.25) is 0 Å². The molecule has 0 saturated carbocycles. The standard InChI is InChI=1S/C8H6N4.2C2H6/c1-12-8-7(5-11-12)2-6(3-9)4-10-8;2*1-2/h2,4-5H,1H3;2*1-2H3. The van der Waals surface area contributed by atoms with Crippen molar-refractivity contribution in [1.29, 1.82) is 5.26 Å². The van der Waals surface area contributed by atoms with Crippen LogP contribution in [0.1, 0.15) is 33.3 Å². The van der Waals surface area contributed by atoms with Crippen molar-refractivity contribution >= 4 is 11.0 Å². The first-order valence-corrected chi connectivity index (χ1v) is 5.49. The molecule has 0 aliphatic rings. The summed E-state index contributed by atoms with van der Waals surface area (Å²) in [6, 6.07) is 3.80. The predicted octanol–water partition coefficient (Wildman–Crippen LogP) is 2.89. The molecule has 2 heterocycles. The van der Waals surface area contributed by atoms with Crippen molar-refractivity contribution in [3.8, 4) is 6.07 Å². The highest BCUT2D eigenvalue weighted by atomic mass is 15.3. The van der Waals surface area contributed by atoms with Crippen LogP contribution in [0.25, 0.3) is 11.0 Å². The minimum atomic E-state index is 0.565. The first-order chi connectivity index (χ1) is 7.81. The largest absolute Gasteiger partial charge is 0.250 e. The van der Waals surface area contributed by atoms with Crippen molar-refractivity contribution in [2.45, 2.75) is 27.7 Å². The topological polar surface area (TPSA) is 54.5 Å². The minimum absolute atomic E-state index is 0.565. The Balaban J connectivity index is 0.000000509. The maximum absolute atomic E-state index is 8.59. The van der Waals surface area contributed by atoms with E-state index in [1.165, 1.54) is 0 Å². The first-order valence-electron chi connectivity index (χ1n) is 5.49. The molecule has 4 nitrogen and oxygen atoms in total. The van der Waals surface area contributed by atoms with Crippen LogP contribution in [0.3, 0.4) is 0 Å². The second-order valence-electron chi connectivity index (χ2n) is 2.52. The zero-order valence-electron chi connectivity index (χ0n) is 10.5. The second-order valence-corrected chi connectivity index (χ2v) is 2.52. The molecular formula is C12H18N4. The van der Waals surface area contributed by atoms with Crippen molar-refractivity contribution in [3.63, 3.8) is 0 Å². The summed E-state index contributed by atoms with van der Waals surface area (Å²) in [6.45, 7) is 8.00. The number of aryl methyl sites for hydroxylation is 1. The highest BCUT2D eigenvalue weighted by Crippen LogP contribution is 2.10. The lowest BCUT2D eigenvalue weighted by atomic mass is 10.2. The Hall–Kier alpha value is -1.89. The summed E-state index contributed by atoms with van der Waals surface area (Å²) in [5, 5.41) is 13.5. The van der Waals surface area contributed by atoms with Gasteiger partial charge in [0, 0.05) is 18.6 Å². The van der Waals surface area contributed by atoms with E-state index in [2.05, 4.69) is 10.1 Å². The van der Waals surface area contributed by atoms with E-state index in [9.17, 15) is 0 Å². The van der Waals surface area contributed by atoms with Gasteiger partial charge in [-0.2, -0.15) is 10.4 Å². The summed E-state index contributed by atoms with van der Waals surface area (Å²) < 4.78 is 1.68. The number of fused-ring (bicyclic) bond motifs is 1. The summed E-state index contributed by atoms with van der Waals surface area (Å²) in [7, 11) is 1.82. The molecule has 0 aromatic carbocycles. The van der Waals surface area contributed by atoms with Gasteiger partial charge in [0.1, 0.15) is 6.07 Å². The van der Waals surface area contributed by atoms with Crippen LogP contribution < -0.4 is 0 Å². The average molecular weight is 218 g/mol. The fraction of sp³-hybridized carbons (Fsp3) is 0.417. The van der Waals surface area contributed by atoms with Crippen LogP contribution in [0, 0.1) is 11.3 Å². The molecule has 0 atom stereocenters. The van der Waals surface area contributed by atoms with Gasteiger partial charge >= 0.3 is 0 Å². The van der Waals surface area contributed by atoms with Crippen LogP contribution in [0.5, 0.6) is 0 Å². The molecule has 0 aliphatic heterocycles. The van der Waals surface area contributed by atoms with E-state index in [0.717, 1.165) is 11.0 Å². The summed E-state index contributed by atoms with van der Waals surface area (Å²) in [6.07, 6.45) is 3.24. The van der Waals surface area contributed by atoms with Crippen molar-refractivity contribution in [2.24, 2.45) is 7.05 Å². The summed E-state index contributed by atoms with van der Waals surface area (Å²) >= 11 is 0. The molecule has 2 rings (SSSR count). The third kappa shape index (κ3) is 3.06. The van der Waals surface area contributed by atoms with Crippen LogP contribution in [0.15, 0.2) is 18.5 Å². The summed E-state index contributed by atoms with van der Waals surface area (Å²) in [5.41, 5.74) is 1.37. The van der Waals surface area contributed by atoms with Gasteiger partial charge in [0.2, 0.25) is 0 Å². The highest BCUT2D eigenvalue weighted by Gasteiger charge is 2.00. The second kappa shape index (κ2) is 7.41. The molecule has 0 amide bonds. The van der Waals surface area contributed by atoms with Crippen molar-refractivity contribution in [3.05, 3.63) is 24.0 Å². The summed E-state index contributed by atoms with van der Waals surface area (Å²) in [4.78, 5) is 4.09. The Kier molecular flexibility index (Phi) is 6.53. The fourth-order valence-electron chi connectivity index (χ4n) is 1.10. The SMILES string of the molecule is CC.CC.Cn1ncc2cc(C#N)cnc21. The molecule has 0 radical (unpaired) electrons. The van der Waals surface area contributed by atoms with Crippen LogP contribution in [-0.2, 0) is 7.05 Å². The van der Waals surface area contributed by atoms with Crippen molar-refractivity contribution < 1.29 is 0 Å². The van der Waals surface area contributed by atoms with Gasteiger partial charge in [-0.15, -0.1) is 0 Å². The third-order valence-corrected chi connectivity index (χ3v) is 1.70. The van der Waals surface area contributed by atoms with Gasteiger partial charge in [-0.1, -0.05) is 27.7 Å². The molecule has 0 fully saturated rings. The van der Waals surface area contributed by atoms with Crippen molar-refractivity contribution in [1.82, 2.24) is 14.8 Å². The molecule has 0 spiro atoms. The molecule has 0 aliphatic carbocycles. The number of pyridine rings is 1. The maximum atomic E-state index is 8.59. The third-order valence-electron chi connectivity index (χ3n) is 1.70. The van der Waals surface area contributed by atoms with E-state index >= 15 is 0 Å². The number of nitrogens with zero attached hydrogens (tertiary/aromatic N) is 4. The lowest BCUT2D eigenvalue weighted by Crippen LogP contribution is -1.91. The van der Waals surface area contributed by atoms with Crippen molar-refractivity contribution in [2.75, 3.05) is 0 Å². The highest BCUT2D eigenvalue weighted by molar-refractivity contribution is 5.75. The van der Waals surface area contributed by atoms with Gasteiger partial charge in [-0.05, 0) is 6.07 Å². The number of hydrogen-bond donors (Lipinski definition) is 0. The molecule has 0 saturated heterocycles. The molecule has 0 unspecified atom stereocenters. The van der Waals surface area contributed by atoms with E-state index < -0.39 is 0 Å². The molecule has 0 N–H and O–H groups in total. The Morgan fingerprint density at radius 2 is 1.81 bits per heavy atom. The zero-order chi connectivity index (χ0) is 12.6. The maximum Gasteiger partial charge on any atom is 0.157 e. The van der Waals surface area contributed by atoms with E-state index in [0.29, 0.717) is 5.56 Å². The van der Waals surface area contributed by atoms with E-state index in [1.807, 2.05) is 40.8 Å². The normalized spacial score (nSPS) is 8.25. The van der Waals surface area contributed by atoms with E-state index in [-0.39, 0.29) is 0 Å². The zero-order valence-corrected chi connectivity index (χ0v) is 10.5. The van der Waals surface area contributed by atoms with Crippen LogP contribution in [0.4, 0.5) is 0 Å². The minimum Gasteiger partial charge on any atom is -0.250 e. The molecule has 86 valence electrons. The number of rotatable bonds is 0. The fourth-order valence-corrected chi connectivity index (χ4v) is 1.10. The number of nitriles is 1. The van der Waals surface area contributed by atoms with Gasteiger partial charge in [-0.3, -0.25) is 4.68 Å². The van der Waals surface area contributed by atoms with Gasteiger partial charge in [0.25, 0.3) is 0 Å². The Morgan fingerprint density at radius 3 is 2.38 bits per heavy atom. The monoisotopic (exact) mass is 218 g/mol. The lowest BCUT2D eigenvalue weighted by Gasteiger charge is -1.91. The van der Waals surface area contributed by atoms with Crippen LogP contribution in [-0.4, -0.2) is 14.8 Å². The van der Waals surface area contributed by atoms with Gasteiger partial charge in [-0.25, -0.2) is 4.98 Å². The molecule has 2 aromatic heterocycles. The van der Waals surface area contributed by atoms with Crippen LogP contribution >= 0.6 is 0 Å². The van der Waals surface area contributed by atoms with Gasteiger partial charge < -0.3 is 0 Å². The molecule has 4 heteroatoms. The van der Waals surface area contributed by atoms with Gasteiger partial charge in [0.15, 0.2) is 5.65 Å². The van der Waals surface area contributed by atoms with E-state index in [1.54, 1.807) is 23.1 Å². The predicted molar refractivity (Wildman–Crippen MR) is 65.9 cm³/mol.